The smallest absolute Gasteiger partial charge is 0.281 e. The third kappa shape index (κ3) is 7.47. The van der Waals surface area contributed by atoms with Crippen LogP contribution in [0.5, 0.6) is 0 Å². The molecule has 2 rings (SSSR count). The maximum absolute atomic E-state index is 11.6. The molecule has 23 heavy (non-hydrogen) atoms. The van der Waals surface area contributed by atoms with E-state index in [2.05, 4.69) is 18.7 Å². The van der Waals surface area contributed by atoms with Gasteiger partial charge in [-0.15, -0.1) is 0 Å². The van der Waals surface area contributed by atoms with E-state index >= 15 is 0 Å². The van der Waals surface area contributed by atoms with E-state index in [1.54, 1.807) is 7.05 Å². The predicted octanol–water partition coefficient (Wildman–Crippen LogP) is 2.28. The van der Waals surface area contributed by atoms with Crippen LogP contribution in [0.25, 0.3) is 0 Å². The molecular weight excluding hydrogens is 314 g/mol. The fraction of sp³-hybridized carbons (Fsp3) is 1.00. The molecule has 0 aromatic rings. The van der Waals surface area contributed by atoms with Crippen molar-refractivity contribution in [3.8, 4) is 0 Å². The first kappa shape index (κ1) is 25.0. The first-order valence-corrected chi connectivity index (χ1v) is 9.21. The zero-order chi connectivity index (χ0) is 16.0. The van der Waals surface area contributed by atoms with Gasteiger partial charge in [-0.3, -0.25) is 4.90 Å². The van der Waals surface area contributed by atoms with Gasteiger partial charge in [-0.25, -0.2) is 0 Å². The Morgan fingerprint density at radius 2 is 1.39 bits per heavy atom. The highest BCUT2D eigenvalue weighted by Gasteiger charge is 2.32. The normalized spacial score (nSPS) is 22.7. The third-order valence-electron chi connectivity index (χ3n) is 3.89. The van der Waals surface area contributed by atoms with Gasteiger partial charge in [0.15, 0.2) is 0 Å². The summed E-state index contributed by atoms with van der Waals surface area (Å²) in [6, 6.07) is 0.756. The molecule has 0 aromatic carbocycles. The zero-order valence-corrected chi connectivity index (χ0v) is 14.9. The second-order valence-electron chi connectivity index (χ2n) is 6.13. The monoisotopic (exact) mass is 353 g/mol. The molecule has 142 valence electrons. The molecule has 2 fully saturated rings. The zero-order valence-electron chi connectivity index (χ0n) is 14.1. The number of hydrogen-bond donors (Lipinski definition) is 0. The molecule has 0 bridgehead atoms. The van der Waals surface area contributed by atoms with Crippen LogP contribution in [0.15, 0.2) is 0 Å². The third-order valence-corrected chi connectivity index (χ3v) is 6.06. The van der Waals surface area contributed by atoms with Crippen molar-refractivity contribution in [1.29, 1.82) is 0 Å². The molecule has 0 amide bonds. The van der Waals surface area contributed by atoms with E-state index in [4.69, 9.17) is 4.74 Å². The van der Waals surface area contributed by atoms with E-state index in [0.29, 0.717) is 19.1 Å². The lowest BCUT2D eigenvalue weighted by molar-refractivity contribution is 0.0238. The van der Waals surface area contributed by atoms with Crippen LogP contribution in [-0.4, -0.2) is 80.5 Å². The first-order valence-electron chi connectivity index (χ1n) is 7.81. The van der Waals surface area contributed by atoms with Crippen LogP contribution in [0.1, 0.15) is 49.0 Å². The van der Waals surface area contributed by atoms with E-state index in [-0.39, 0.29) is 20.9 Å². The Morgan fingerprint density at radius 3 is 1.74 bits per heavy atom. The number of hydrogen-bond acceptors (Lipinski definition) is 4. The first-order chi connectivity index (χ1) is 9.76. The average molecular weight is 354 g/mol. The van der Waals surface area contributed by atoms with Gasteiger partial charge in [0.1, 0.15) is 0 Å². The van der Waals surface area contributed by atoms with Gasteiger partial charge in [0, 0.05) is 45.3 Å². The summed E-state index contributed by atoms with van der Waals surface area (Å²) >= 11 is 0. The van der Waals surface area contributed by atoms with Crippen molar-refractivity contribution in [2.24, 2.45) is 0 Å². The van der Waals surface area contributed by atoms with Crippen LogP contribution >= 0.6 is 0 Å². The molecule has 0 aromatic heterocycles. The molecule has 6 nitrogen and oxygen atoms in total. The SMILES string of the molecule is C.C.CC(C)N1CCCN(C)S1(=O)=O.CC(C)N1CCOCC1. The minimum absolute atomic E-state index is 0. The molecule has 7 heteroatoms. The number of ether oxygens (including phenoxy) is 1. The Balaban J connectivity index is 0. The number of morpholine rings is 1. The minimum Gasteiger partial charge on any atom is -0.379 e. The van der Waals surface area contributed by atoms with Gasteiger partial charge in [-0.05, 0) is 34.1 Å². The summed E-state index contributed by atoms with van der Waals surface area (Å²) < 4.78 is 31.4. The Labute approximate surface area is 145 Å². The topological polar surface area (TPSA) is 53.1 Å². The van der Waals surface area contributed by atoms with Crippen molar-refractivity contribution in [3.05, 3.63) is 0 Å². The summed E-state index contributed by atoms with van der Waals surface area (Å²) in [4.78, 5) is 2.43. The summed E-state index contributed by atoms with van der Waals surface area (Å²) in [5.41, 5.74) is 0. The minimum atomic E-state index is -3.13. The summed E-state index contributed by atoms with van der Waals surface area (Å²) in [5, 5.41) is 0. The van der Waals surface area contributed by atoms with E-state index in [0.717, 1.165) is 32.7 Å². The Bertz CT molecular complexity index is 393. The fourth-order valence-corrected chi connectivity index (χ4v) is 4.09. The molecule has 2 saturated heterocycles. The summed E-state index contributed by atoms with van der Waals surface area (Å²) in [6.07, 6.45) is 0.925. The molecule has 2 aliphatic rings. The molecule has 0 unspecified atom stereocenters. The highest BCUT2D eigenvalue weighted by molar-refractivity contribution is 7.86. The summed E-state index contributed by atoms with van der Waals surface area (Å²) in [5.74, 6) is 0. The van der Waals surface area contributed by atoms with Crippen LogP contribution in [0.3, 0.4) is 0 Å². The lowest BCUT2D eigenvalue weighted by Gasteiger charge is -2.34. The molecule has 2 heterocycles. The summed E-state index contributed by atoms with van der Waals surface area (Å²) in [6.45, 7) is 13.6. The van der Waals surface area contributed by atoms with E-state index in [9.17, 15) is 8.42 Å². The van der Waals surface area contributed by atoms with Crippen molar-refractivity contribution in [3.63, 3.8) is 0 Å². The highest BCUT2D eigenvalue weighted by Crippen LogP contribution is 2.16. The predicted molar refractivity (Wildman–Crippen MR) is 99.0 cm³/mol. The largest absolute Gasteiger partial charge is 0.379 e. The van der Waals surface area contributed by atoms with Crippen LogP contribution in [-0.2, 0) is 14.9 Å². The van der Waals surface area contributed by atoms with Crippen molar-refractivity contribution in [2.75, 3.05) is 46.4 Å². The Kier molecular flexibility index (Phi) is 12.4. The van der Waals surface area contributed by atoms with Crippen molar-refractivity contribution in [1.82, 2.24) is 13.5 Å². The van der Waals surface area contributed by atoms with Gasteiger partial charge in [0.05, 0.1) is 13.2 Å². The highest BCUT2D eigenvalue weighted by atomic mass is 32.2. The van der Waals surface area contributed by atoms with Gasteiger partial charge in [0.25, 0.3) is 10.2 Å². The Hall–Kier alpha value is -0.210. The molecule has 2 aliphatic heterocycles. The second-order valence-corrected chi connectivity index (χ2v) is 8.12. The molecule has 0 saturated carbocycles. The van der Waals surface area contributed by atoms with E-state index in [1.165, 1.54) is 8.61 Å². The van der Waals surface area contributed by atoms with Crippen LogP contribution in [0, 0.1) is 0 Å². The quantitative estimate of drug-likeness (QED) is 0.764. The number of rotatable bonds is 2. The lowest BCUT2D eigenvalue weighted by atomic mass is 10.3. The molecule has 0 spiro atoms. The standard InChI is InChI=1S/C7H16N2O2S.C7H15NO.2CH4/c1-7(2)9-6-4-5-8(3)12(9,10)11;1-7(2)8-3-5-9-6-4-8;;/h7H,4-6H2,1-3H3;7H,3-6H2,1-2H3;2*1H4. The number of nitrogens with zero attached hydrogens (tertiary/aromatic N) is 3. The molecule has 0 radical (unpaired) electrons. The Morgan fingerprint density at radius 1 is 0.870 bits per heavy atom. The average Bonchev–Trinajstić information content (AvgIpc) is 2.43. The fourth-order valence-electron chi connectivity index (χ4n) is 2.48. The molecule has 0 atom stereocenters. The van der Waals surface area contributed by atoms with Gasteiger partial charge >= 0.3 is 0 Å². The molecule has 0 aliphatic carbocycles. The second kappa shape index (κ2) is 11.4. The van der Waals surface area contributed by atoms with Gasteiger partial charge in [-0.2, -0.15) is 17.0 Å². The van der Waals surface area contributed by atoms with E-state index in [1.807, 2.05) is 13.8 Å². The maximum Gasteiger partial charge on any atom is 0.281 e. The van der Waals surface area contributed by atoms with Crippen molar-refractivity contribution in [2.45, 2.75) is 61.1 Å². The van der Waals surface area contributed by atoms with Gasteiger partial charge in [0.2, 0.25) is 0 Å². The maximum atomic E-state index is 11.6. The summed E-state index contributed by atoms with van der Waals surface area (Å²) in [7, 11) is -1.51. The van der Waals surface area contributed by atoms with Crippen molar-refractivity contribution >= 4 is 10.2 Å². The van der Waals surface area contributed by atoms with E-state index < -0.39 is 10.2 Å². The molecular formula is C16H39N3O3S. The van der Waals surface area contributed by atoms with Crippen LogP contribution in [0.2, 0.25) is 0 Å². The van der Waals surface area contributed by atoms with Crippen LogP contribution < -0.4 is 0 Å². The van der Waals surface area contributed by atoms with Crippen LogP contribution in [0.4, 0.5) is 0 Å². The molecule has 0 N–H and O–H groups in total. The van der Waals surface area contributed by atoms with Crippen molar-refractivity contribution < 1.29 is 13.2 Å². The van der Waals surface area contributed by atoms with Gasteiger partial charge in [-0.1, -0.05) is 14.9 Å². The lowest BCUT2D eigenvalue weighted by Crippen LogP contribution is -2.50. The van der Waals surface area contributed by atoms with Gasteiger partial charge < -0.3 is 4.74 Å².